The first-order chi connectivity index (χ1) is 5.77. The molecule has 0 atom stereocenters. The van der Waals surface area contributed by atoms with Crippen LogP contribution >= 0.6 is 11.7 Å². The van der Waals surface area contributed by atoms with Crippen LogP contribution in [0.5, 0.6) is 0 Å². The van der Waals surface area contributed by atoms with Gasteiger partial charge >= 0.3 is 0 Å². The van der Waals surface area contributed by atoms with Crippen molar-refractivity contribution in [2.24, 2.45) is 0 Å². The van der Waals surface area contributed by atoms with Crippen LogP contribution in [0.4, 0.5) is 4.39 Å². The van der Waals surface area contributed by atoms with Crippen molar-refractivity contribution in [1.29, 1.82) is 0 Å². The van der Waals surface area contributed by atoms with E-state index < -0.39 is 6.17 Å². The molecule has 0 bridgehead atoms. The molecule has 0 spiro atoms. The lowest BCUT2D eigenvalue weighted by molar-refractivity contribution is 0.0395. The summed E-state index contributed by atoms with van der Waals surface area (Å²) < 4.78 is 19.8. The summed E-state index contributed by atoms with van der Waals surface area (Å²) in [5.41, 5.74) is 0.312. The molecule has 1 fully saturated rings. The van der Waals surface area contributed by atoms with E-state index in [1.54, 1.807) is 0 Å². The average Bonchev–Trinajstić information content (AvgIpc) is 2.49. The van der Waals surface area contributed by atoms with Crippen LogP contribution in [0.1, 0.15) is 10.5 Å². The van der Waals surface area contributed by atoms with E-state index in [0.717, 1.165) is 11.7 Å². The molecule has 0 unspecified atom stereocenters. The first-order valence-corrected chi connectivity index (χ1v) is 4.21. The second kappa shape index (κ2) is 2.78. The fourth-order valence-electron chi connectivity index (χ4n) is 1.01. The van der Waals surface area contributed by atoms with E-state index in [-0.39, 0.29) is 19.0 Å². The highest BCUT2D eigenvalue weighted by Gasteiger charge is 2.31. The van der Waals surface area contributed by atoms with E-state index in [2.05, 4.69) is 8.75 Å². The standard InChI is InChI=1S/C6H6FN3OS/c7-4-2-10(3-4)6(11)5-1-8-12-9-5/h1,4H,2-3H2. The molecule has 0 radical (unpaired) electrons. The fourth-order valence-corrected chi connectivity index (χ4v) is 1.42. The third-order valence-corrected chi connectivity index (χ3v) is 2.18. The van der Waals surface area contributed by atoms with Gasteiger partial charge in [0.2, 0.25) is 0 Å². The Kier molecular flexibility index (Phi) is 1.76. The molecule has 12 heavy (non-hydrogen) atoms. The van der Waals surface area contributed by atoms with E-state index in [1.165, 1.54) is 11.1 Å². The van der Waals surface area contributed by atoms with Crippen LogP contribution < -0.4 is 0 Å². The molecule has 1 amide bonds. The van der Waals surface area contributed by atoms with Crippen LogP contribution in [0.2, 0.25) is 0 Å². The number of hydrogen-bond acceptors (Lipinski definition) is 4. The van der Waals surface area contributed by atoms with Crippen molar-refractivity contribution in [2.75, 3.05) is 13.1 Å². The van der Waals surface area contributed by atoms with E-state index in [4.69, 9.17) is 0 Å². The van der Waals surface area contributed by atoms with Gasteiger partial charge in [0, 0.05) is 0 Å². The quantitative estimate of drug-likeness (QED) is 0.636. The molecule has 0 aromatic carbocycles. The molecule has 1 saturated heterocycles. The van der Waals surface area contributed by atoms with Gasteiger partial charge in [-0.25, -0.2) is 4.39 Å². The number of alkyl halides is 1. The zero-order valence-electron chi connectivity index (χ0n) is 6.11. The number of nitrogens with zero attached hydrogens (tertiary/aromatic N) is 3. The number of amides is 1. The number of aromatic nitrogens is 2. The number of likely N-dealkylation sites (tertiary alicyclic amines) is 1. The molecular weight excluding hydrogens is 181 g/mol. The molecule has 64 valence electrons. The molecule has 4 nitrogen and oxygen atoms in total. The Morgan fingerprint density at radius 1 is 1.75 bits per heavy atom. The van der Waals surface area contributed by atoms with Gasteiger partial charge in [0.05, 0.1) is 31.0 Å². The molecule has 0 N–H and O–H groups in total. The van der Waals surface area contributed by atoms with Crippen LogP contribution in [-0.2, 0) is 0 Å². The minimum Gasteiger partial charge on any atom is -0.331 e. The van der Waals surface area contributed by atoms with Gasteiger partial charge in [-0.15, -0.1) is 0 Å². The van der Waals surface area contributed by atoms with Crippen LogP contribution in [0.3, 0.4) is 0 Å². The second-order valence-electron chi connectivity index (χ2n) is 2.60. The normalized spacial score (nSPS) is 17.6. The maximum Gasteiger partial charge on any atom is 0.275 e. The Morgan fingerprint density at radius 3 is 3.00 bits per heavy atom. The van der Waals surface area contributed by atoms with Crippen molar-refractivity contribution < 1.29 is 9.18 Å². The van der Waals surface area contributed by atoms with Crippen LogP contribution in [-0.4, -0.2) is 38.8 Å². The predicted octanol–water partition coefficient (Wildman–Crippen LogP) is 0.332. The minimum atomic E-state index is -0.861. The third kappa shape index (κ3) is 1.18. The maximum absolute atomic E-state index is 12.3. The van der Waals surface area contributed by atoms with Crippen molar-refractivity contribution in [1.82, 2.24) is 13.6 Å². The van der Waals surface area contributed by atoms with Crippen LogP contribution in [0.25, 0.3) is 0 Å². The zero-order valence-corrected chi connectivity index (χ0v) is 6.92. The lowest BCUT2D eigenvalue weighted by atomic mass is 10.2. The van der Waals surface area contributed by atoms with Gasteiger partial charge in [-0.3, -0.25) is 4.79 Å². The lowest BCUT2D eigenvalue weighted by Crippen LogP contribution is -2.51. The molecule has 6 heteroatoms. The van der Waals surface area contributed by atoms with Crippen molar-refractivity contribution in [3.63, 3.8) is 0 Å². The summed E-state index contributed by atoms with van der Waals surface area (Å²) in [6, 6.07) is 0. The molecular formula is C6H6FN3OS. The lowest BCUT2D eigenvalue weighted by Gasteiger charge is -2.33. The molecule has 0 aliphatic carbocycles. The highest BCUT2D eigenvalue weighted by atomic mass is 32.1. The number of carbonyl (C=O) groups excluding carboxylic acids is 1. The second-order valence-corrected chi connectivity index (χ2v) is 3.16. The van der Waals surface area contributed by atoms with Crippen LogP contribution in [0.15, 0.2) is 6.20 Å². The topological polar surface area (TPSA) is 46.1 Å². The summed E-state index contributed by atoms with van der Waals surface area (Å²) in [6.45, 7) is 0.382. The first kappa shape index (κ1) is 7.60. The summed E-state index contributed by atoms with van der Waals surface area (Å²) in [7, 11) is 0. The molecule has 1 aliphatic rings. The SMILES string of the molecule is O=C(c1cnsn1)N1CC(F)C1. The average molecular weight is 187 g/mol. The van der Waals surface area contributed by atoms with Gasteiger partial charge in [0.1, 0.15) is 6.17 Å². The van der Waals surface area contributed by atoms with E-state index in [1.807, 2.05) is 0 Å². The fraction of sp³-hybridized carbons (Fsp3) is 0.500. The Hall–Kier alpha value is -1.04. The van der Waals surface area contributed by atoms with Gasteiger partial charge < -0.3 is 4.90 Å². The zero-order chi connectivity index (χ0) is 8.55. The summed E-state index contributed by atoms with van der Waals surface area (Å²) in [5, 5.41) is 0. The number of hydrogen-bond donors (Lipinski definition) is 0. The third-order valence-electron chi connectivity index (χ3n) is 1.70. The molecule has 1 aromatic heterocycles. The van der Waals surface area contributed by atoms with Gasteiger partial charge in [0.25, 0.3) is 5.91 Å². The number of halogens is 1. The number of rotatable bonds is 1. The molecule has 0 saturated carbocycles. The summed E-state index contributed by atoms with van der Waals surface area (Å²) in [5.74, 6) is -0.224. The van der Waals surface area contributed by atoms with Crippen LogP contribution in [0, 0.1) is 0 Å². The molecule has 2 rings (SSSR count). The molecule has 1 aliphatic heterocycles. The smallest absolute Gasteiger partial charge is 0.275 e. The van der Waals surface area contributed by atoms with Gasteiger partial charge in [-0.05, 0) is 0 Å². The Bertz CT molecular complexity index is 283. The Labute approximate surface area is 72.3 Å². The monoisotopic (exact) mass is 187 g/mol. The van der Waals surface area contributed by atoms with Gasteiger partial charge in [-0.1, -0.05) is 0 Å². The van der Waals surface area contributed by atoms with Gasteiger partial charge in [-0.2, -0.15) is 8.75 Å². The van der Waals surface area contributed by atoms with Crippen molar-refractivity contribution in [2.45, 2.75) is 6.17 Å². The maximum atomic E-state index is 12.3. The predicted molar refractivity (Wildman–Crippen MR) is 40.7 cm³/mol. The van der Waals surface area contributed by atoms with E-state index >= 15 is 0 Å². The minimum absolute atomic E-state index is 0.191. The molecule has 2 heterocycles. The van der Waals surface area contributed by atoms with E-state index in [0.29, 0.717) is 5.69 Å². The van der Waals surface area contributed by atoms with Gasteiger partial charge in [0.15, 0.2) is 5.69 Å². The summed E-state index contributed by atoms with van der Waals surface area (Å²) in [4.78, 5) is 12.7. The largest absolute Gasteiger partial charge is 0.331 e. The van der Waals surface area contributed by atoms with Crippen molar-refractivity contribution in [3.05, 3.63) is 11.9 Å². The first-order valence-electron chi connectivity index (χ1n) is 3.48. The highest BCUT2D eigenvalue weighted by molar-refractivity contribution is 6.99. The number of carbonyl (C=O) groups is 1. The Morgan fingerprint density at radius 2 is 2.50 bits per heavy atom. The van der Waals surface area contributed by atoms with Crippen molar-refractivity contribution in [3.8, 4) is 0 Å². The van der Waals surface area contributed by atoms with E-state index in [9.17, 15) is 9.18 Å². The highest BCUT2D eigenvalue weighted by Crippen LogP contribution is 2.14. The van der Waals surface area contributed by atoms with Crippen molar-refractivity contribution >= 4 is 17.6 Å². The molecule has 1 aromatic rings. The summed E-state index contributed by atoms with van der Waals surface area (Å²) >= 11 is 0.979. The summed E-state index contributed by atoms with van der Waals surface area (Å²) in [6.07, 6.45) is 0.541. The Balaban J connectivity index is 2.03.